The number of rotatable bonds is 4. The molecule has 0 amide bonds. The summed E-state index contributed by atoms with van der Waals surface area (Å²) in [5.41, 5.74) is 0.887. The average Bonchev–Trinajstić information content (AvgIpc) is 2.61. The minimum absolute atomic E-state index is 0.141. The summed E-state index contributed by atoms with van der Waals surface area (Å²) in [4.78, 5) is 0. The summed E-state index contributed by atoms with van der Waals surface area (Å²) in [5.74, 6) is 3.30. The fourth-order valence-electron chi connectivity index (χ4n) is 6.57. The van der Waals surface area contributed by atoms with Gasteiger partial charge < -0.3 is 15.5 Å². The first kappa shape index (κ1) is 15.7. The second-order valence-electron chi connectivity index (χ2n) is 8.54. The highest BCUT2D eigenvalue weighted by Gasteiger charge is 2.58. The Bertz CT molecular complexity index is 772. The van der Waals surface area contributed by atoms with Crippen molar-refractivity contribution in [3.8, 4) is 5.75 Å². The van der Waals surface area contributed by atoms with Gasteiger partial charge in [0.2, 0.25) is 0 Å². The first-order valence-electron chi connectivity index (χ1n) is 9.79. The lowest BCUT2D eigenvalue weighted by Crippen LogP contribution is -2.63. The van der Waals surface area contributed by atoms with Gasteiger partial charge >= 0.3 is 0 Å². The summed E-state index contributed by atoms with van der Waals surface area (Å²) in [7, 11) is 0. The maximum absolute atomic E-state index is 11.0. The van der Waals surface area contributed by atoms with E-state index in [4.69, 9.17) is 0 Å². The topological polar surface area (TPSA) is 52.5 Å². The maximum Gasteiger partial charge on any atom is 0.121 e. The van der Waals surface area contributed by atoms with Gasteiger partial charge in [0.25, 0.3) is 0 Å². The Kier molecular flexibility index (Phi) is 3.58. The highest BCUT2D eigenvalue weighted by atomic mass is 16.3. The minimum atomic E-state index is -0.176. The van der Waals surface area contributed by atoms with Crippen molar-refractivity contribution >= 4 is 10.8 Å². The quantitative estimate of drug-likeness (QED) is 0.796. The standard InChI is InChI=1S/C22H27NO2/c24-6-5-23-22(18-8-14-7-15(10-18)11-19(22)9-14)20-12-16-3-1-2-4-17(16)13-21(20)25/h1-4,12-15,18-19,23-25H,5-11H2. The van der Waals surface area contributed by atoms with Crippen LogP contribution in [0.4, 0.5) is 0 Å². The molecule has 6 rings (SSSR count). The van der Waals surface area contributed by atoms with Gasteiger partial charge in [-0.05, 0) is 78.7 Å². The van der Waals surface area contributed by atoms with E-state index in [9.17, 15) is 10.2 Å². The zero-order chi connectivity index (χ0) is 17.0. The molecule has 4 bridgehead atoms. The van der Waals surface area contributed by atoms with E-state index in [1.54, 1.807) is 0 Å². The van der Waals surface area contributed by atoms with Crippen LogP contribution in [0.1, 0.15) is 37.7 Å². The molecular formula is C22H27NO2. The summed E-state index contributed by atoms with van der Waals surface area (Å²) in [6.07, 6.45) is 6.46. The number of hydrogen-bond donors (Lipinski definition) is 3. The molecular weight excluding hydrogens is 310 g/mol. The average molecular weight is 337 g/mol. The van der Waals surface area contributed by atoms with Crippen LogP contribution in [0.15, 0.2) is 36.4 Å². The van der Waals surface area contributed by atoms with Gasteiger partial charge in [-0.3, -0.25) is 0 Å². The van der Waals surface area contributed by atoms with Crippen LogP contribution in [0, 0.1) is 23.7 Å². The third kappa shape index (κ3) is 2.25. The van der Waals surface area contributed by atoms with E-state index in [1.807, 2.05) is 12.1 Å². The Morgan fingerprint density at radius 2 is 1.52 bits per heavy atom. The molecule has 4 aliphatic rings. The number of fused-ring (bicyclic) bond motifs is 1. The first-order valence-corrected chi connectivity index (χ1v) is 9.79. The molecule has 132 valence electrons. The highest BCUT2D eigenvalue weighted by molar-refractivity contribution is 5.85. The molecule has 0 spiro atoms. The molecule has 0 aliphatic heterocycles. The highest BCUT2D eigenvalue weighted by Crippen LogP contribution is 2.62. The van der Waals surface area contributed by atoms with Crippen molar-refractivity contribution in [3.63, 3.8) is 0 Å². The monoisotopic (exact) mass is 337 g/mol. The van der Waals surface area contributed by atoms with Crippen LogP contribution in [0.3, 0.4) is 0 Å². The lowest BCUT2D eigenvalue weighted by atomic mass is 9.47. The van der Waals surface area contributed by atoms with Crippen LogP contribution in [0.2, 0.25) is 0 Å². The Hall–Kier alpha value is -1.58. The summed E-state index contributed by atoms with van der Waals surface area (Å²) in [6.45, 7) is 0.733. The summed E-state index contributed by atoms with van der Waals surface area (Å²) in [6, 6.07) is 12.4. The molecule has 4 saturated carbocycles. The Morgan fingerprint density at radius 3 is 2.12 bits per heavy atom. The van der Waals surface area contributed by atoms with Gasteiger partial charge in [0.1, 0.15) is 5.75 Å². The van der Waals surface area contributed by atoms with Crippen molar-refractivity contribution in [2.24, 2.45) is 23.7 Å². The third-order valence-corrected chi connectivity index (χ3v) is 7.26. The van der Waals surface area contributed by atoms with Gasteiger partial charge in [-0.25, -0.2) is 0 Å². The van der Waals surface area contributed by atoms with E-state index < -0.39 is 0 Å². The van der Waals surface area contributed by atoms with Crippen LogP contribution in [-0.2, 0) is 5.54 Å². The SMILES string of the molecule is OCCNC1(c2cc3ccccc3cc2O)C2CC3CC(C2)CC1C3. The van der Waals surface area contributed by atoms with Gasteiger partial charge in [0.15, 0.2) is 0 Å². The fraction of sp³-hybridized carbons (Fsp3) is 0.545. The largest absolute Gasteiger partial charge is 0.508 e. The van der Waals surface area contributed by atoms with Crippen molar-refractivity contribution < 1.29 is 10.2 Å². The van der Waals surface area contributed by atoms with Gasteiger partial charge in [0.05, 0.1) is 12.1 Å². The maximum atomic E-state index is 11.0. The summed E-state index contributed by atoms with van der Waals surface area (Å²) in [5, 5.41) is 26.5. The molecule has 3 nitrogen and oxygen atoms in total. The van der Waals surface area contributed by atoms with Crippen LogP contribution in [0.5, 0.6) is 5.75 Å². The molecule has 2 aromatic carbocycles. The second-order valence-corrected chi connectivity index (χ2v) is 8.54. The summed E-state index contributed by atoms with van der Waals surface area (Å²) < 4.78 is 0. The number of phenolic OH excluding ortho intramolecular Hbond substituents is 1. The van der Waals surface area contributed by atoms with Gasteiger partial charge in [-0.1, -0.05) is 24.3 Å². The Morgan fingerprint density at radius 1 is 0.920 bits per heavy atom. The van der Waals surface area contributed by atoms with E-state index in [-0.39, 0.29) is 12.1 Å². The molecule has 0 atom stereocenters. The van der Waals surface area contributed by atoms with Crippen molar-refractivity contribution in [2.45, 2.75) is 37.6 Å². The van der Waals surface area contributed by atoms with Gasteiger partial charge in [-0.2, -0.15) is 0 Å². The molecule has 25 heavy (non-hydrogen) atoms. The first-order chi connectivity index (χ1) is 12.2. The number of aromatic hydroxyl groups is 1. The molecule has 4 aliphatic carbocycles. The van der Waals surface area contributed by atoms with Crippen LogP contribution in [0.25, 0.3) is 10.8 Å². The molecule has 0 saturated heterocycles. The van der Waals surface area contributed by atoms with Crippen molar-refractivity contribution in [1.82, 2.24) is 5.32 Å². The minimum Gasteiger partial charge on any atom is -0.508 e. The predicted molar refractivity (Wildman–Crippen MR) is 99.4 cm³/mol. The van der Waals surface area contributed by atoms with E-state index in [1.165, 1.54) is 37.5 Å². The van der Waals surface area contributed by atoms with E-state index in [0.717, 1.165) is 22.8 Å². The zero-order valence-electron chi connectivity index (χ0n) is 14.6. The molecule has 2 aromatic rings. The Labute approximate surface area is 149 Å². The van der Waals surface area contributed by atoms with E-state index in [2.05, 4.69) is 29.6 Å². The predicted octanol–water partition coefficient (Wildman–Crippen LogP) is 3.78. The van der Waals surface area contributed by atoms with Crippen molar-refractivity contribution in [2.75, 3.05) is 13.2 Å². The Balaban J connectivity index is 1.68. The van der Waals surface area contributed by atoms with Crippen molar-refractivity contribution in [1.29, 1.82) is 0 Å². The fourth-order valence-corrected chi connectivity index (χ4v) is 6.57. The molecule has 0 aromatic heterocycles. The second kappa shape index (κ2) is 5.72. The third-order valence-electron chi connectivity index (χ3n) is 7.26. The normalized spacial score (nSPS) is 36.2. The lowest BCUT2D eigenvalue weighted by molar-refractivity contribution is -0.0795. The molecule has 3 heteroatoms. The molecule has 0 unspecified atom stereocenters. The van der Waals surface area contributed by atoms with Crippen LogP contribution in [-0.4, -0.2) is 23.4 Å². The summed E-state index contributed by atoms with van der Waals surface area (Å²) >= 11 is 0. The number of benzene rings is 2. The molecule has 3 N–H and O–H groups in total. The van der Waals surface area contributed by atoms with E-state index >= 15 is 0 Å². The number of nitrogens with one attached hydrogen (secondary N) is 1. The van der Waals surface area contributed by atoms with Gasteiger partial charge in [-0.15, -0.1) is 0 Å². The van der Waals surface area contributed by atoms with Crippen molar-refractivity contribution in [3.05, 3.63) is 42.0 Å². The number of phenols is 1. The molecule has 0 heterocycles. The lowest BCUT2D eigenvalue weighted by Gasteiger charge is -2.62. The molecule has 0 radical (unpaired) electrons. The number of hydrogen-bond acceptors (Lipinski definition) is 3. The van der Waals surface area contributed by atoms with Crippen LogP contribution >= 0.6 is 0 Å². The van der Waals surface area contributed by atoms with Gasteiger partial charge in [0, 0.05) is 12.1 Å². The molecule has 4 fully saturated rings. The number of aliphatic hydroxyl groups excluding tert-OH is 1. The smallest absolute Gasteiger partial charge is 0.121 e. The van der Waals surface area contributed by atoms with E-state index in [0.29, 0.717) is 24.1 Å². The number of aliphatic hydroxyl groups is 1. The van der Waals surface area contributed by atoms with Crippen LogP contribution < -0.4 is 5.32 Å². The zero-order valence-corrected chi connectivity index (χ0v) is 14.6.